The number of ether oxygens (including phenoxy) is 1. The minimum absolute atomic E-state index is 0.0583. The zero-order valence-electron chi connectivity index (χ0n) is 7.84. The number of nitrogens with two attached hydrogens (primary N) is 1. The van der Waals surface area contributed by atoms with Gasteiger partial charge in [-0.05, 0) is 19.9 Å². The molecule has 0 aliphatic carbocycles. The van der Waals surface area contributed by atoms with Crippen LogP contribution in [0, 0.1) is 0 Å². The molecule has 0 aromatic carbocycles. The van der Waals surface area contributed by atoms with Crippen molar-refractivity contribution in [1.29, 1.82) is 0 Å². The number of esters is 1. The quantitative estimate of drug-likeness (QED) is 0.545. The number of rotatable bonds is 6. The normalized spacial score (nSPS) is 9.38. The highest BCUT2D eigenvalue weighted by molar-refractivity contribution is 5.81. The van der Waals surface area contributed by atoms with Gasteiger partial charge in [-0.1, -0.05) is 0 Å². The van der Waals surface area contributed by atoms with Gasteiger partial charge in [0.2, 0.25) is 5.91 Å². The van der Waals surface area contributed by atoms with Crippen LogP contribution in [0.5, 0.6) is 0 Å². The lowest BCUT2D eigenvalue weighted by atomic mass is 10.3. The molecule has 13 heavy (non-hydrogen) atoms. The Morgan fingerprint density at radius 3 is 2.69 bits per heavy atom. The predicted octanol–water partition coefficient (Wildman–Crippen LogP) is -0.595. The minimum atomic E-state index is -0.413. The first kappa shape index (κ1) is 11.9. The molecule has 0 atom stereocenters. The van der Waals surface area contributed by atoms with Gasteiger partial charge in [0, 0.05) is 6.42 Å². The van der Waals surface area contributed by atoms with E-state index in [1.54, 1.807) is 6.92 Å². The molecule has 0 saturated heterocycles. The SMILES string of the molecule is CCOC(=O)CNC(=O)CCCN. The number of carbonyl (C=O) groups is 2. The molecule has 0 heterocycles. The van der Waals surface area contributed by atoms with Crippen molar-refractivity contribution in [1.82, 2.24) is 5.32 Å². The second-order valence-corrected chi connectivity index (χ2v) is 2.47. The summed E-state index contributed by atoms with van der Waals surface area (Å²) in [5, 5.41) is 2.43. The van der Waals surface area contributed by atoms with Crippen LogP contribution in [0.3, 0.4) is 0 Å². The van der Waals surface area contributed by atoms with Gasteiger partial charge >= 0.3 is 5.97 Å². The Labute approximate surface area is 77.6 Å². The maximum atomic E-state index is 10.9. The Morgan fingerprint density at radius 2 is 2.15 bits per heavy atom. The van der Waals surface area contributed by atoms with Gasteiger partial charge < -0.3 is 15.8 Å². The predicted molar refractivity (Wildman–Crippen MR) is 47.9 cm³/mol. The Bertz CT molecular complexity index is 171. The van der Waals surface area contributed by atoms with Crippen LogP contribution in [-0.4, -0.2) is 31.6 Å². The third-order valence-electron chi connectivity index (χ3n) is 1.34. The molecule has 0 aromatic rings. The summed E-state index contributed by atoms with van der Waals surface area (Å²) >= 11 is 0. The fourth-order valence-corrected chi connectivity index (χ4v) is 0.734. The minimum Gasteiger partial charge on any atom is -0.465 e. The van der Waals surface area contributed by atoms with E-state index in [0.717, 1.165) is 0 Å². The van der Waals surface area contributed by atoms with Gasteiger partial charge in [-0.25, -0.2) is 0 Å². The van der Waals surface area contributed by atoms with Gasteiger partial charge in [0.1, 0.15) is 6.54 Å². The standard InChI is InChI=1S/C8H16N2O3/c1-2-13-8(12)6-10-7(11)4-3-5-9/h2-6,9H2,1H3,(H,10,11). The van der Waals surface area contributed by atoms with Crippen molar-refractivity contribution in [2.75, 3.05) is 19.7 Å². The molecule has 0 bridgehead atoms. The highest BCUT2D eigenvalue weighted by Gasteiger charge is 2.04. The van der Waals surface area contributed by atoms with E-state index in [0.29, 0.717) is 26.0 Å². The van der Waals surface area contributed by atoms with E-state index in [1.165, 1.54) is 0 Å². The summed E-state index contributed by atoms with van der Waals surface area (Å²) in [7, 11) is 0. The second kappa shape index (κ2) is 7.54. The van der Waals surface area contributed by atoms with E-state index in [4.69, 9.17) is 5.73 Å². The molecule has 0 aliphatic rings. The molecule has 0 unspecified atom stereocenters. The summed E-state index contributed by atoms with van der Waals surface area (Å²) < 4.78 is 4.62. The summed E-state index contributed by atoms with van der Waals surface area (Å²) in [6.07, 6.45) is 0.991. The van der Waals surface area contributed by atoms with E-state index in [-0.39, 0.29) is 12.5 Å². The number of hydrogen-bond donors (Lipinski definition) is 2. The molecule has 0 rings (SSSR count). The number of hydrogen-bond acceptors (Lipinski definition) is 4. The van der Waals surface area contributed by atoms with E-state index < -0.39 is 5.97 Å². The average Bonchev–Trinajstić information content (AvgIpc) is 2.12. The molecule has 1 amide bonds. The summed E-state index contributed by atoms with van der Waals surface area (Å²) in [4.78, 5) is 21.7. The lowest BCUT2D eigenvalue weighted by Crippen LogP contribution is -2.30. The topological polar surface area (TPSA) is 81.4 Å². The Kier molecular flexibility index (Phi) is 6.91. The Hall–Kier alpha value is -1.10. The van der Waals surface area contributed by atoms with Crippen LogP contribution in [0.1, 0.15) is 19.8 Å². The highest BCUT2D eigenvalue weighted by Crippen LogP contribution is 1.85. The van der Waals surface area contributed by atoms with Crippen LogP contribution in [0.4, 0.5) is 0 Å². The van der Waals surface area contributed by atoms with Crippen LogP contribution >= 0.6 is 0 Å². The molecule has 3 N–H and O–H groups in total. The molecule has 76 valence electrons. The zero-order valence-corrected chi connectivity index (χ0v) is 7.84. The maximum Gasteiger partial charge on any atom is 0.325 e. The van der Waals surface area contributed by atoms with E-state index in [2.05, 4.69) is 10.1 Å². The lowest BCUT2D eigenvalue weighted by Gasteiger charge is -2.03. The van der Waals surface area contributed by atoms with Gasteiger partial charge in [-0.15, -0.1) is 0 Å². The van der Waals surface area contributed by atoms with Crippen molar-refractivity contribution in [2.45, 2.75) is 19.8 Å². The molecule has 0 radical (unpaired) electrons. The van der Waals surface area contributed by atoms with Gasteiger partial charge in [-0.2, -0.15) is 0 Å². The zero-order chi connectivity index (χ0) is 10.1. The summed E-state index contributed by atoms with van der Waals surface area (Å²) in [5.41, 5.74) is 5.21. The van der Waals surface area contributed by atoms with Crippen LogP contribution < -0.4 is 11.1 Å². The van der Waals surface area contributed by atoms with E-state index >= 15 is 0 Å². The third-order valence-corrected chi connectivity index (χ3v) is 1.34. The van der Waals surface area contributed by atoms with Crippen molar-refractivity contribution in [3.8, 4) is 0 Å². The molecule has 5 nitrogen and oxygen atoms in total. The third kappa shape index (κ3) is 7.27. The first-order chi connectivity index (χ1) is 6.20. The summed E-state index contributed by atoms with van der Waals surface area (Å²) in [6, 6.07) is 0. The molecule has 0 fully saturated rings. The molecular weight excluding hydrogens is 172 g/mol. The van der Waals surface area contributed by atoms with E-state index in [1.807, 2.05) is 0 Å². The smallest absolute Gasteiger partial charge is 0.325 e. The molecule has 5 heteroatoms. The monoisotopic (exact) mass is 188 g/mol. The Morgan fingerprint density at radius 1 is 1.46 bits per heavy atom. The molecule has 0 aliphatic heterocycles. The number of nitrogens with one attached hydrogen (secondary N) is 1. The fraction of sp³-hybridized carbons (Fsp3) is 0.750. The second-order valence-electron chi connectivity index (χ2n) is 2.47. The van der Waals surface area contributed by atoms with Gasteiger partial charge in [0.05, 0.1) is 6.61 Å². The van der Waals surface area contributed by atoms with Crippen molar-refractivity contribution in [3.63, 3.8) is 0 Å². The first-order valence-electron chi connectivity index (χ1n) is 4.33. The van der Waals surface area contributed by atoms with Crippen molar-refractivity contribution < 1.29 is 14.3 Å². The average molecular weight is 188 g/mol. The van der Waals surface area contributed by atoms with Crippen LogP contribution in [0.2, 0.25) is 0 Å². The maximum absolute atomic E-state index is 10.9. The van der Waals surface area contributed by atoms with Gasteiger partial charge in [-0.3, -0.25) is 9.59 Å². The first-order valence-corrected chi connectivity index (χ1v) is 4.33. The van der Waals surface area contributed by atoms with Crippen molar-refractivity contribution in [3.05, 3.63) is 0 Å². The number of carbonyl (C=O) groups excluding carboxylic acids is 2. The lowest BCUT2D eigenvalue weighted by molar-refractivity contribution is -0.143. The summed E-state index contributed by atoms with van der Waals surface area (Å²) in [5.74, 6) is -0.581. The van der Waals surface area contributed by atoms with Gasteiger partial charge in [0.15, 0.2) is 0 Å². The van der Waals surface area contributed by atoms with E-state index in [9.17, 15) is 9.59 Å². The van der Waals surface area contributed by atoms with Crippen molar-refractivity contribution >= 4 is 11.9 Å². The largest absolute Gasteiger partial charge is 0.465 e. The highest BCUT2D eigenvalue weighted by atomic mass is 16.5. The molecule has 0 saturated carbocycles. The van der Waals surface area contributed by atoms with Gasteiger partial charge in [0.25, 0.3) is 0 Å². The van der Waals surface area contributed by atoms with Crippen LogP contribution in [-0.2, 0) is 14.3 Å². The fourth-order valence-electron chi connectivity index (χ4n) is 0.734. The van der Waals surface area contributed by atoms with Crippen LogP contribution in [0.15, 0.2) is 0 Å². The molecule has 0 spiro atoms. The van der Waals surface area contributed by atoms with Crippen LogP contribution in [0.25, 0.3) is 0 Å². The Balaban J connectivity index is 3.40. The molecular formula is C8H16N2O3. The molecule has 0 aromatic heterocycles. The van der Waals surface area contributed by atoms with Crippen molar-refractivity contribution in [2.24, 2.45) is 5.73 Å². The number of amides is 1. The summed E-state index contributed by atoms with van der Waals surface area (Å²) in [6.45, 7) is 2.47.